The fourth-order valence-electron chi connectivity index (χ4n) is 4.10. The number of aryl methyl sites for hydroxylation is 2. The highest BCUT2D eigenvalue weighted by atomic mass is 16.5. The largest absolute Gasteiger partial charge is 0.489 e. The molecule has 1 N–H and O–H groups in total. The van der Waals surface area contributed by atoms with E-state index in [1.165, 1.54) is 22.0 Å². The van der Waals surface area contributed by atoms with Crippen LogP contribution in [0.15, 0.2) is 79.6 Å². The van der Waals surface area contributed by atoms with Gasteiger partial charge in [-0.3, -0.25) is 9.78 Å². The molecule has 4 aromatic rings. The zero-order valence-corrected chi connectivity index (χ0v) is 19.0. The topological polar surface area (TPSA) is 64.3 Å². The summed E-state index contributed by atoms with van der Waals surface area (Å²) in [5.41, 5.74) is 6.63. The van der Waals surface area contributed by atoms with Crippen LogP contribution in [0.2, 0.25) is 0 Å². The van der Waals surface area contributed by atoms with Crippen molar-refractivity contribution in [3.05, 3.63) is 108 Å². The first kappa shape index (κ1) is 22.3. The van der Waals surface area contributed by atoms with Crippen molar-refractivity contribution in [2.45, 2.75) is 39.3 Å². The molecule has 0 fully saturated rings. The van der Waals surface area contributed by atoms with Gasteiger partial charge in [0.1, 0.15) is 12.4 Å². The van der Waals surface area contributed by atoms with Gasteiger partial charge in [-0.15, -0.1) is 6.58 Å². The van der Waals surface area contributed by atoms with Crippen LogP contribution in [0.25, 0.3) is 10.9 Å². The maximum atomic E-state index is 11.0. The first-order valence-electron chi connectivity index (χ1n) is 11.0. The Kier molecular flexibility index (Phi) is 6.59. The van der Waals surface area contributed by atoms with E-state index in [-0.39, 0.29) is 12.3 Å². The molecule has 2 heterocycles. The Morgan fingerprint density at radius 1 is 1.12 bits per heavy atom. The fraction of sp³-hybridized carbons (Fsp3) is 0.214. The third kappa shape index (κ3) is 5.14. The van der Waals surface area contributed by atoms with Crippen LogP contribution in [-0.2, 0) is 17.9 Å². The molecule has 0 aliphatic heterocycles. The lowest BCUT2D eigenvalue weighted by molar-refractivity contribution is -0.137. The van der Waals surface area contributed by atoms with Crippen LogP contribution in [0.1, 0.15) is 40.3 Å². The van der Waals surface area contributed by atoms with Gasteiger partial charge in [0.05, 0.1) is 11.9 Å². The summed E-state index contributed by atoms with van der Waals surface area (Å²) < 4.78 is 8.31. The summed E-state index contributed by atoms with van der Waals surface area (Å²) in [4.78, 5) is 15.4. The van der Waals surface area contributed by atoms with E-state index in [1.807, 2.05) is 43.5 Å². The number of hydrogen-bond donors (Lipinski definition) is 1. The van der Waals surface area contributed by atoms with E-state index in [1.54, 1.807) is 6.08 Å². The number of pyridine rings is 1. The molecule has 2 aromatic heterocycles. The number of rotatable bonds is 9. The molecular formula is C28H28N2O3. The lowest BCUT2D eigenvalue weighted by Gasteiger charge is -2.14. The SMILES string of the molecule is C=C[C@@H](CC(=O)O)c1ccc(OCc2ccc3ccn(Cc4ccc(C)nc4)c3c2C)cc1. The van der Waals surface area contributed by atoms with E-state index in [9.17, 15) is 4.79 Å². The molecule has 5 heteroatoms. The van der Waals surface area contributed by atoms with Gasteiger partial charge in [-0.05, 0) is 65.8 Å². The van der Waals surface area contributed by atoms with E-state index in [0.717, 1.165) is 29.1 Å². The molecule has 0 aliphatic rings. The first-order chi connectivity index (χ1) is 15.9. The summed E-state index contributed by atoms with van der Waals surface area (Å²) in [6.45, 7) is 9.11. The second kappa shape index (κ2) is 9.74. The quantitative estimate of drug-likeness (QED) is 0.323. The normalized spacial score (nSPS) is 11.9. The van der Waals surface area contributed by atoms with Gasteiger partial charge >= 0.3 is 5.97 Å². The average Bonchev–Trinajstić information content (AvgIpc) is 3.22. The summed E-state index contributed by atoms with van der Waals surface area (Å²) in [7, 11) is 0. The van der Waals surface area contributed by atoms with Crippen LogP contribution < -0.4 is 4.74 Å². The van der Waals surface area contributed by atoms with Crippen LogP contribution in [0.3, 0.4) is 0 Å². The zero-order chi connectivity index (χ0) is 23.4. The second-order valence-electron chi connectivity index (χ2n) is 8.34. The third-order valence-corrected chi connectivity index (χ3v) is 6.00. The lowest BCUT2D eigenvalue weighted by Crippen LogP contribution is -2.04. The third-order valence-electron chi connectivity index (χ3n) is 6.00. The monoisotopic (exact) mass is 440 g/mol. The molecule has 1 atom stereocenters. The van der Waals surface area contributed by atoms with Crippen LogP contribution in [0, 0.1) is 13.8 Å². The number of allylic oxidation sites excluding steroid dienone is 1. The minimum absolute atomic E-state index is 0.0290. The van der Waals surface area contributed by atoms with E-state index in [2.05, 4.69) is 53.5 Å². The van der Waals surface area contributed by atoms with Crippen molar-refractivity contribution in [1.29, 1.82) is 0 Å². The van der Waals surface area contributed by atoms with E-state index in [4.69, 9.17) is 9.84 Å². The summed E-state index contributed by atoms with van der Waals surface area (Å²) in [5, 5.41) is 10.3. The van der Waals surface area contributed by atoms with Gasteiger partial charge in [0, 0.05) is 30.6 Å². The maximum Gasteiger partial charge on any atom is 0.304 e. The van der Waals surface area contributed by atoms with Gasteiger partial charge in [0.25, 0.3) is 0 Å². The Balaban J connectivity index is 1.50. The van der Waals surface area contributed by atoms with E-state index >= 15 is 0 Å². The maximum absolute atomic E-state index is 11.0. The summed E-state index contributed by atoms with van der Waals surface area (Å²) >= 11 is 0. The van der Waals surface area contributed by atoms with Gasteiger partial charge in [-0.25, -0.2) is 0 Å². The second-order valence-corrected chi connectivity index (χ2v) is 8.34. The number of carboxylic acids is 1. The molecule has 5 nitrogen and oxygen atoms in total. The molecule has 0 saturated heterocycles. The van der Waals surface area contributed by atoms with Crippen molar-refractivity contribution in [2.24, 2.45) is 0 Å². The van der Waals surface area contributed by atoms with Crippen LogP contribution >= 0.6 is 0 Å². The molecule has 0 saturated carbocycles. The summed E-state index contributed by atoms with van der Waals surface area (Å²) in [5.74, 6) is -0.301. The summed E-state index contributed by atoms with van der Waals surface area (Å²) in [6.07, 6.45) is 5.75. The minimum atomic E-state index is -0.838. The van der Waals surface area contributed by atoms with Gasteiger partial charge < -0.3 is 14.4 Å². The van der Waals surface area contributed by atoms with Gasteiger partial charge in [0.2, 0.25) is 0 Å². The minimum Gasteiger partial charge on any atom is -0.489 e. The van der Waals surface area contributed by atoms with Crippen molar-refractivity contribution in [3.8, 4) is 5.75 Å². The number of aromatic nitrogens is 2. The van der Waals surface area contributed by atoms with Gasteiger partial charge in [0.15, 0.2) is 0 Å². The smallest absolute Gasteiger partial charge is 0.304 e. The number of hydrogen-bond acceptors (Lipinski definition) is 3. The van der Waals surface area contributed by atoms with Crippen molar-refractivity contribution >= 4 is 16.9 Å². The molecule has 4 rings (SSSR count). The first-order valence-corrected chi connectivity index (χ1v) is 11.0. The average molecular weight is 441 g/mol. The number of aliphatic carboxylic acids is 1. The molecule has 0 radical (unpaired) electrons. The number of carbonyl (C=O) groups is 1. The summed E-state index contributed by atoms with van der Waals surface area (Å²) in [6, 6.07) is 18.1. The molecule has 2 aromatic carbocycles. The predicted molar refractivity (Wildman–Crippen MR) is 131 cm³/mol. The number of benzene rings is 2. The van der Waals surface area contributed by atoms with Crippen LogP contribution in [0.4, 0.5) is 0 Å². The van der Waals surface area contributed by atoms with Crippen LogP contribution in [-0.4, -0.2) is 20.6 Å². The van der Waals surface area contributed by atoms with Crippen molar-refractivity contribution < 1.29 is 14.6 Å². The van der Waals surface area contributed by atoms with E-state index < -0.39 is 5.97 Å². The highest BCUT2D eigenvalue weighted by Crippen LogP contribution is 2.27. The highest BCUT2D eigenvalue weighted by molar-refractivity contribution is 5.84. The molecule has 0 bridgehead atoms. The molecule has 168 valence electrons. The Labute approximate surface area is 194 Å². The van der Waals surface area contributed by atoms with Crippen LogP contribution in [0.5, 0.6) is 5.75 Å². The molecule has 33 heavy (non-hydrogen) atoms. The Morgan fingerprint density at radius 2 is 1.91 bits per heavy atom. The Morgan fingerprint density at radius 3 is 2.58 bits per heavy atom. The van der Waals surface area contributed by atoms with Crippen molar-refractivity contribution in [3.63, 3.8) is 0 Å². The fourth-order valence-corrected chi connectivity index (χ4v) is 4.10. The molecule has 0 aliphatic carbocycles. The predicted octanol–water partition coefficient (Wildman–Crippen LogP) is 6.02. The lowest BCUT2D eigenvalue weighted by atomic mass is 9.96. The zero-order valence-electron chi connectivity index (χ0n) is 19.0. The molecular weight excluding hydrogens is 412 g/mol. The highest BCUT2D eigenvalue weighted by Gasteiger charge is 2.13. The van der Waals surface area contributed by atoms with Gasteiger partial charge in [-0.2, -0.15) is 0 Å². The van der Waals surface area contributed by atoms with Crippen molar-refractivity contribution in [1.82, 2.24) is 9.55 Å². The van der Waals surface area contributed by atoms with Crippen molar-refractivity contribution in [2.75, 3.05) is 0 Å². The van der Waals surface area contributed by atoms with E-state index in [0.29, 0.717) is 6.61 Å². The van der Waals surface area contributed by atoms with Gasteiger partial charge in [-0.1, -0.05) is 36.4 Å². The number of nitrogens with zero attached hydrogens (tertiary/aromatic N) is 2. The number of fused-ring (bicyclic) bond motifs is 1. The Hall–Kier alpha value is -3.86. The molecule has 0 unspecified atom stereocenters. The molecule has 0 amide bonds. The standard InChI is InChI=1S/C28H28N2O3/c1-4-22(15-27(31)32)23-9-11-26(12-10-23)33-18-25-8-7-24-13-14-30(28(24)20(25)3)17-21-6-5-19(2)29-16-21/h4-14,16,22H,1,15,17-18H2,2-3H3,(H,31,32)/t22-/m0/s1. The number of carboxylic acid groups (broad SMARTS) is 1. The Bertz CT molecular complexity index is 1270. The number of ether oxygens (including phenoxy) is 1. The molecule has 0 spiro atoms.